The fraction of sp³-hybridized carbons (Fsp3) is 0.485. The van der Waals surface area contributed by atoms with E-state index in [-0.39, 0.29) is 35.2 Å². The molecule has 0 spiro atoms. The summed E-state index contributed by atoms with van der Waals surface area (Å²) >= 11 is 0. The molecule has 2 aromatic heterocycles. The number of aliphatic hydroxyl groups excluding tert-OH is 1. The molecule has 0 amide bonds. The molecule has 236 valence electrons. The van der Waals surface area contributed by atoms with Crippen molar-refractivity contribution in [1.29, 1.82) is 0 Å². The van der Waals surface area contributed by atoms with Crippen molar-refractivity contribution < 1.29 is 27.5 Å². The van der Waals surface area contributed by atoms with Gasteiger partial charge in [-0.25, -0.2) is 18.2 Å². The molecule has 7 nitrogen and oxygen atoms in total. The molecule has 0 radical (unpaired) electrons. The molecular formula is C33H41F3N4O3Si. The SMILES string of the molecule is C[C@H]1CN(c2c(CC(=O)c3ccc(F)c(-c4c(F)cccc4F)n3)cnc3c2CC[C@H]3O)C[C@@H](N)[C@@H]1O[Si](C)(C)C(C)(C)C. The standard InChI is InChI=1S/C33H41F3N4O3Si/c1-18-16-40(17-24(37)32(18)43-44(5,6)33(2,3)4)31-19(15-38-29-20(31)10-13-26(29)41)14-27(42)25-12-11-23(36)30(39-25)28-21(34)8-7-9-22(28)35/h7-9,11-12,15,18,24,26,32,41H,10,13-14,16-17,37H2,1-6H3/t18-,24+,26+,32+/m0/s1. The Balaban J connectivity index is 1.47. The number of hydrogen-bond donors (Lipinski definition) is 2. The summed E-state index contributed by atoms with van der Waals surface area (Å²) in [5.74, 6) is -3.26. The molecule has 3 heterocycles. The van der Waals surface area contributed by atoms with Crippen LogP contribution in [-0.4, -0.2) is 54.4 Å². The number of fused-ring (bicyclic) bond motifs is 1. The van der Waals surface area contributed by atoms with Crippen molar-refractivity contribution in [2.24, 2.45) is 11.7 Å². The average Bonchev–Trinajstić information content (AvgIpc) is 3.31. The van der Waals surface area contributed by atoms with Gasteiger partial charge in [-0.1, -0.05) is 33.8 Å². The molecule has 1 aliphatic carbocycles. The summed E-state index contributed by atoms with van der Waals surface area (Å²) in [5.41, 5.74) is 8.39. The minimum atomic E-state index is -2.08. The van der Waals surface area contributed by atoms with Crippen LogP contribution in [0.25, 0.3) is 11.3 Å². The lowest BCUT2D eigenvalue weighted by Gasteiger charge is -2.48. The Bertz CT molecular complexity index is 1550. The van der Waals surface area contributed by atoms with Gasteiger partial charge in [0.2, 0.25) is 0 Å². The van der Waals surface area contributed by atoms with E-state index in [9.17, 15) is 23.1 Å². The Morgan fingerprint density at radius 2 is 1.80 bits per heavy atom. The van der Waals surface area contributed by atoms with Crippen LogP contribution >= 0.6 is 0 Å². The quantitative estimate of drug-likeness (QED) is 0.240. The van der Waals surface area contributed by atoms with Crippen LogP contribution in [0.3, 0.4) is 0 Å². The molecule has 3 N–H and O–H groups in total. The highest BCUT2D eigenvalue weighted by molar-refractivity contribution is 6.74. The van der Waals surface area contributed by atoms with Crippen molar-refractivity contribution in [3.63, 3.8) is 0 Å². The van der Waals surface area contributed by atoms with Crippen LogP contribution in [-0.2, 0) is 17.3 Å². The Kier molecular flexibility index (Phi) is 8.80. The zero-order valence-corrected chi connectivity index (χ0v) is 27.1. The molecule has 1 fully saturated rings. The Morgan fingerprint density at radius 1 is 1.11 bits per heavy atom. The molecule has 4 atom stereocenters. The summed E-state index contributed by atoms with van der Waals surface area (Å²) in [6, 6.07) is 5.12. The van der Waals surface area contributed by atoms with Gasteiger partial charge < -0.3 is 20.2 Å². The number of pyridine rings is 2. The second kappa shape index (κ2) is 12.0. The number of piperidine rings is 1. The number of hydrogen-bond acceptors (Lipinski definition) is 7. The Labute approximate surface area is 257 Å². The maximum absolute atomic E-state index is 14.7. The third-order valence-corrected chi connectivity index (χ3v) is 13.9. The lowest BCUT2D eigenvalue weighted by Crippen LogP contribution is -2.60. The fourth-order valence-electron chi connectivity index (χ4n) is 6.05. The van der Waals surface area contributed by atoms with Crippen molar-refractivity contribution in [2.75, 3.05) is 18.0 Å². The fourth-order valence-corrected chi connectivity index (χ4v) is 7.49. The molecule has 2 aliphatic rings. The summed E-state index contributed by atoms with van der Waals surface area (Å²) in [5, 5.41) is 10.7. The smallest absolute Gasteiger partial charge is 0.192 e. The summed E-state index contributed by atoms with van der Waals surface area (Å²) in [6.45, 7) is 14.3. The van der Waals surface area contributed by atoms with Gasteiger partial charge in [-0.05, 0) is 55.2 Å². The number of nitrogens with two attached hydrogens (primary N) is 1. The number of Topliss-reactive ketones (excluding diaryl/α,β-unsaturated/α-hetero) is 1. The summed E-state index contributed by atoms with van der Waals surface area (Å²) in [6.07, 6.45) is 1.75. The Morgan fingerprint density at radius 3 is 2.43 bits per heavy atom. The number of benzene rings is 1. The second-order valence-corrected chi connectivity index (χ2v) is 18.4. The molecule has 0 saturated carbocycles. The molecular weight excluding hydrogens is 585 g/mol. The van der Waals surface area contributed by atoms with E-state index in [1.165, 1.54) is 12.1 Å². The second-order valence-electron chi connectivity index (χ2n) is 13.7. The number of halogens is 3. The van der Waals surface area contributed by atoms with Crippen LogP contribution in [0, 0.1) is 23.4 Å². The van der Waals surface area contributed by atoms with Crippen molar-refractivity contribution in [3.05, 3.63) is 76.5 Å². The summed E-state index contributed by atoms with van der Waals surface area (Å²) in [7, 11) is -2.08. The van der Waals surface area contributed by atoms with E-state index >= 15 is 0 Å². The number of aliphatic hydroxyl groups is 1. The van der Waals surface area contributed by atoms with Gasteiger partial charge in [0.25, 0.3) is 0 Å². The van der Waals surface area contributed by atoms with E-state index in [0.29, 0.717) is 37.2 Å². The van der Waals surface area contributed by atoms with E-state index in [0.717, 1.165) is 29.4 Å². The normalized spacial score (nSPS) is 22.3. The van der Waals surface area contributed by atoms with Crippen LogP contribution in [0.4, 0.5) is 18.9 Å². The summed E-state index contributed by atoms with van der Waals surface area (Å²) < 4.78 is 50.4. The van der Waals surface area contributed by atoms with Gasteiger partial charge in [0.1, 0.15) is 28.8 Å². The van der Waals surface area contributed by atoms with Gasteiger partial charge in [-0.2, -0.15) is 0 Å². The molecule has 1 aliphatic heterocycles. The molecule has 44 heavy (non-hydrogen) atoms. The average molecular weight is 627 g/mol. The number of rotatable bonds is 7. The van der Waals surface area contributed by atoms with E-state index in [4.69, 9.17) is 10.2 Å². The van der Waals surface area contributed by atoms with Gasteiger partial charge in [0.15, 0.2) is 14.1 Å². The highest BCUT2D eigenvalue weighted by atomic mass is 28.4. The minimum absolute atomic E-state index is 0.0332. The predicted octanol–water partition coefficient (Wildman–Crippen LogP) is 6.14. The molecule has 5 rings (SSSR count). The van der Waals surface area contributed by atoms with Crippen LogP contribution in [0.2, 0.25) is 18.1 Å². The highest BCUT2D eigenvalue weighted by Gasteiger charge is 2.44. The van der Waals surface area contributed by atoms with Gasteiger partial charge >= 0.3 is 0 Å². The van der Waals surface area contributed by atoms with Crippen molar-refractivity contribution in [1.82, 2.24) is 9.97 Å². The lowest BCUT2D eigenvalue weighted by molar-refractivity contribution is 0.0875. The van der Waals surface area contributed by atoms with Crippen LogP contribution in [0.15, 0.2) is 36.5 Å². The first-order chi connectivity index (χ1) is 20.6. The first kappa shape index (κ1) is 32.3. The first-order valence-corrected chi connectivity index (χ1v) is 18.0. The molecule has 0 unspecified atom stereocenters. The minimum Gasteiger partial charge on any atom is -0.412 e. The number of anilines is 1. The molecule has 1 saturated heterocycles. The van der Waals surface area contributed by atoms with Crippen molar-refractivity contribution >= 4 is 19.8 Å². The van der Waals surface area contributed by atoms with Crippen LogP contribution in [0.5, 0.6) is 0 Å². The third kappa shape index (κ3) is 6.07. The molecule has 11 heteroatoms. The Hall–Kier alpha value is -3.12. The predicted molar refractivity (Wildman–Crippen MR) is 167 cm³/mol. The molecule has 3 aromatic rings. The van der Waals surface area contributed by atoms with Crippen LogP contribution in [0.1, 0.15) is 67.5 Å². The highest BCUT2D eigenvalue weighted by Crippen LogP contribution is 2.42. The van der Waals surface area contributed by atoms with E-state index in [1.807, 2.05) is 0 Å². The monoisotopic (exact) mass is 626 g/mol. The zero-order valence-electron chi connectivity index (χ0n) is 26.1. The maximum atomic E-state index is 14.7. The number of ketones is 1. The van der Waals surface area contributed by atoms with E-state index in [1.54, 1.807) is 6.20 Å². The van der Waals surface area contributed by atoms with E-state index < -0.39 is 48.9 Å². The molecule has 0 bridgehead atoms. The zero-order chi connectivity index (χ0) is 32.1. The van der Waals surface area contributed by atoms with Crippen molar-refractivity contribution in [2.45, 2.75) is 83.3 Å². The number of nitrogens with zero attached hydrogens (tertiary/aromatic N) is 3. The van der Waals surface area contributed by atoms with Crippen molar-refractivity contribution in [3.8, 4) is 11.3 Å². The van der Waals surface area contributed by atoms with Crippen LogP contribution < -0.4 is 10.6 Å². The molecule has 1 aromatic carbocycles. The third-order valence-electron chi connectivity index (χ3n) is 9.40. The largest absolute Gasteiger partial charge is 0.412 e. The number of carbonyl (C=O) groups is 1. The first-order valence-electron chi connectivity index (χ1n) is 15.1. The van der Waals surface area contributed by atoms with Gasteiger partial charge in [0.05, 0.1) is 23.5 Å². The number of aromatic nitrogens is 2. The topological polar surface area (TPSA) is 102 Å². The maximum Gasteiger partial charge on any atom is 0.192 e. The summed E-state index contributed by atoms with van der Waals surface area (Å²) in [4.78, 5) is 24.3. The van der Waals surface area contributed by atoms with Gasteiger partial charge in [-0.15, -0.1) is 0 Å². The van der Waals surface area contributed by atoms with Gasteiger partial charge in [-0.3, -0.25) is 9.78 Å². The van der Waals surface area contributed by atoms with E-state index in [2.05, 4.69) is 55.7 Å². The number of carbonyl (C=O) groups excluding carboxylic acids is 1. The lowest BCUT2D eigenvalue weighted by atomic mass is 9.91. The van der Waals surface area contributed by atoms with Gasteiger partial charge in [0, 0.05) is 54.5 Å².